The van der Waals surface area contributed by atoms with Gasteiger partial charge in [-0.05, 0) is 25.8 Å². The Bertz CT molecular complexity index is 418. The van der Waals surface area contributed by atoms with Gasteiger partial charge in [-0.3, -0.25) is 0 Å². The molecule has 2 aliphatic rings. The number of piperazine rings is 1. The summed E-state index contributed by atoms with van der Waals surface area (Å²) in [6.45, 7) is 9.52. The summed E-state index contributed by atoms with van der Waals surface area (Å²) in [5, 5.41) is 0. The number of aryl methyl sites for hydroxylation is 1. The molecule has 4 nitrogen and oxygen atoms in total. The summed E-state index contributed by atoms with van der Waals surface area (Å²) in [7, 11) is 2.21. The average molecular weight is 262 g/mol. The molecular formula is C15H26N4. The number of fused-ring (bicyclic) bond motifs is 1. The summed E-state index contributed by atoms with van der Waals surface area (Å²) in [4.78, 5) is 9.65. The fraction of sp³-hybridized carbons (Fsp3) is 0.800. The predicted octanol–water partition coefficient (Wildman–Crippen LogP) is 1.26. The van der Waals surface area contributed by atoms with Gasteiger partial charge in [-0.1, -0.05) is 6.92 Å². The molecule has 1 atom stereocenters. The quantitative estimate of drug-likeness (QED) is 0.819. The monoisotopic (exact) mass is 262 g/mol. The number of imidazole rings is 1. The van der Waals surface area contributed by atoms with Crippen LogP contribution in [0.25, 0.3) is 0 Å². The van der Waals surface area contributed by atoms with Gasteiger partial charge in [0, 0.05) is 57.6 Å². The Labute approximate surface area is 116 Å². The molecule has 1 fully saturated rings. The summed E-state index contributed by atoms with van der Waals surface area (Å²) >= 11 is 0. The average Bonchev–Trinajstić information content (AvgIpc) is 2.80. The van der Waals surface area contributed by atoms with Crippen LogP contribution in [0.2, 0.25) is 0 Å². The molecule has 3 rings (SSSR count). The number of nitrogens with zero attached hydrogens (tertiary/aromatic N) is 4. The van der Waals surface area contributed by atoms with Gasteiger partial charge in [0.15, 0.2) is 0 Å². The van der Waals surface area contributed by atoms with Gasteiger partial charge in [0.05, 0.1) is 0 Å². The number of likely N-dealkylation sites (N-methyl/N-ethyl adjacent to an activating group) is 1. The van der Waals surface area contributed by atoms with Crippen molar-refractivity contribution in [1.82, 2.24) is 19.4 Å². The van der Waals surface area contributed by atoms with Crippen molar-refractivity contribution in [2.24, 2.45) is 5.92 Å². The van der Waals surface area contributed by atoms with Crippen LogP contribution in [0.1, 0.15) is 24.9 Å². The van der Waals surface area contributed by atoms with Gasteiger partial charge in [-0.25, -0.2) is 4.98 Å². The Kier molecular flexibility index (Phi) is 3.89. The largest absolute Gasteiger partial charge is 0.332 e. The Morgan fingerprint density at radius 2 is 2.05 bits per heavy atom. The van der Waals surface area contributed by atoms with E-state index in [0.717, 1.165) is 12.3 Å². The van der Waals surface area contributed by atoms with Gasteiger partial charge in [0.25, 0.3) is 0 Å². The van der Waals surface area contributed by atoms with Crippen LogP contribution in [0.5, 0.6) is 0 Å². The van der Waals surface area contributed by atoms with Gasteiger partial charge in [0.1, 0.15) is 5.82 Å². The zero-order valence-electron chi connectivity index (χ0n) is 12.3. The Morgan fingerprint density at radius 3 is 2.84 bits per heavy atom. The summed E-state index contributed by atoms with van der Waals surface area (Å²) in [6, 6.07) is 0. The first-order valence-electron chi connectivity index (χ1n) is 7.66. The van der Waals surface area contributed by atoms with Crippen molar-refractivity contribution in [2.45, 2.75) is 32.7 Å². The molecule has 0 aliphatic carbocycles. The van der Waals surface area contributed by atoms with E-state index in [-0.39, 0.29) is 0 Å². The molecule has 0 radical (unpaired) electrons. The minimum absolute atomic E-state index is 0.809. The third-order valence-corrected chi connectivity index (χ3v) is 4.66. The van der Waals surface area contributed by atoms with Gasteiger partial charge in [-0.2, -0.15) is 0 Å². The van der Waals surface area contributed by atoms with E-state index in [1.165, 1.54) is 63.6 Å². The lowest BCUT2D eigenvalue weighted by molar-refractivity contribution is 0.154. The van der Waals surface area contributed by atoms with Crippen LogP contribution in [-0.2, 0) is 19.4 Å². The van der Waals surface area contributed by atoms with Gasteiger partial charge in [0.2, 0.25) is 0 Å². The maximum Gasteiger partial charge on any atom is 0.110 e. The van der Waals surface area contributed by atoms with Crippen LogP contribution >= 0.6 is 0 Å². The molecule has 0 bridgehead atoms. The Morgan fingerprint density at radius 1 is 1.26 bits per heavy atom. The van der Waals surface area contributed by atoms with Crippen molar-refractivity contribution in [3.05, 3.63) is 17.7 Å². The minimum Gasteiger partial charge on any atom is -0.332 e. The summed E-state index contributed by atoms with van der Waals surface area (Å²) in [5.74, 6) is 2.12. The standard InChI is InChI=1S/C15H26N4/c1-13-3-4-14-11-16-15(19(14)12-13)5-6-18-9-7-17(2)8-10-18/h11,13H,3-10,12H2,1-2H3. The second kappa shape index (κ2) is 5.63. The maximum atomic E-state index is 4.66. The predicted molar refractivity (Wildman–Crippen MR) is 77.4 cm³/mol. The zero-order chi connectivity index (χ0) is 13.2. The van der Waals surface area contributed by atoms with Gasteiger partial charge >= 0.3 is 0 Å². The molecule has 106 valence electrons. The van der Waals surface area contributed by atoms with E-state index < -0.39 is 0 Å². The molecule has 0 amide bonds. The van der Waals surface area contributed by atoms with Crippen LogP contribution in [0.15, 0.2) is 6.20 Å². The number of hydrogen-bond acceptors (Lipinski definition) is 3. The van der Waals surface area contributed by atoms with E-state index >= 15 is 0 Å². The lowest BCUT2D eigenvalue weighted by Gasteiger charge is -2.32. The van der Waals surface area contributed by atoms with Crippen molar-refractivity contribution in [2.75, 3.05) is 39.8 Å². The zero-order valence-corrected chi connectivity index (χ0v) is 12.3. The molecule has 0 saturated carbocycles. The second-order valence-corrected chi connectivity index (χ2v) is 6.32. The van der Waals surface area contributed by atoms with Crippen molar-refractivity contribution >= 4 is 0 Å². The highest BCUT2D eigenvalue weighted by Gasteiger charge is 2.19. The van der Waals surface area contributed by atoms with Crippen molar-refractivity contribution in [3.8, 4) is 0 Å². The fourth-order valence-electron chi connectivity index (χ4n) is 3.20. The Balaban J connectivity index is 1.57. The van der Waals surface area contributed by atoms with Crippen LogP contribution in [0, 0.1) is 5.92 Å². The molecule has 1 saturated heterocycles. The lowest BCUT2D eigenvalue weighted by Crippen LogP contribution is -2.45. The highest BCUT2D eigenvalue weighted by atomic mass is 15.2. The topological polar surface area (TPSA) is 24.3 Å². The van der Waals surface area contributed by atoms with Gasteiger partial charge in [-0.15, -0.1) is 0 Å². The Hall–Kier alpha value is -0.870. The summed E-state index contributed by atoms with van der Waals surface area (Å²) < 4.78 is 2.48. The molecule has 0 spiro atoms. The third kappa shape index (κ3) is 3.00. The highest BCUT2D eigenvalue weighted by Crippen LogP contribution is 2.21. The van der Waals surface area contributed by atoms with Crippen LogP contribution in [-0.4, -0.2) is 59.1 Å². The van der Waals surface area contributed by atoms with Crippen molar-refractivity contribution in [1.29, 1.82) is 0 Å². The number of rotatable bonds is 3. The SMILES string of the molecule is CC1CCc2cnc(CCN3CCN(C)CC3)n2C1. The molecule has 1 aromatic heterocycles. The van der Waals surface area contributed by atoms with Crippen molar-refractivity contribution < 1.29 is 0 Å². The molecule has 4 heteroatoms. The minimum atomic E-state index is 0.809. The van der Waals surface area contributed by atoms with Crippen LogP contribution in [0.4, 0.5) is 0 Å². The van der Waals surface area contributed by atoms with Crippen LogP contribution < -0.4 is 0 Å². The number of aromatic nitrogens is 2. The first kappa shape index (κ1) is 13.1. The van der Waals surface area contributed by atoms with E-state index in [1.807, 2.05) is 0 Å². The molecule has 3 heterocycles. The summed E-state index contributed by atoms with van der Waals surface area (Å²) in [6.07, 6.45) is 5.74. The molecule has 1 unspecified atom stereocenters. The first-order chi connectivity index (χ1) is 9.22. The fourth-order valence-corrected chi connectivity index (χ4v) is 3.20. The highest BCUT2D eigenvalue weighted by molar-refractivity contribution is 5.09. The van der Waals surface area contributed by atoms with E-state index in [9.17, 15) is 0 Å². The smallest absolute Gasteiger partial charge is 0.110 e. The molecule has 0 N–H and O–H groups in total. The molecular weight excluding hydrogens is 236 g/mol. The molecule has 2 aliphatic heterocycles. The molecule has 0 aromatic carbocycles. The second-order valence-electron chi connectivity index (χ2n) is 6.32. The normalized spacial score (nSPS) is 25.5. The van der Waals surface area contributed by atoms with Gasteiger partial charge < -0.3 is 14.4 Å². The number of hydrogen-bond donors (Lipinski definition) is 0. The van der Waals surface area contributed by atoms with E-state index in [2.05, 4.69) is 39.5 Å². The van der Waals surface area contributed by atoms with E-state index in [4.69, 9.17) is 0 Å². The maximum absolute atomic E-state index is 4.66. The lowest BCUT2D eigenvalue weighted by atomic mass is 10.0. The van der Waals surface area contributed by atoms with E-state index in [0.29, 0.717) is 0 Å². The van der Waals surface area contributed by atoms with Crippen molar-refractivity contribution in [3.63, 3.8) is 0 Å². The van der Waals surface area contributed by atoms with Crippen LogP contribution in [0.3, 0.4) is 0 Å². The molecule has 1 aromatic rings. The first-order valence-corrected chi connectivity index (χ1v) is 7.66. The van der Waals surface area contributed by atoms with E-state index in [1.54, 1.807) is 0 Å². The third-order valence-electron chi connectivity index (χ3n) is 4.66. The summed E-state index contributed by atoms with van der Waals surface area (Å²) in [5.41, 5.74) is 1.45. The molecule has 19 heavy (non-hydrogen) atoms.